The van der Waals surface area contributed by atoms with Gasteiger partial charge in [-0.05, 0) is 24.7 Å². The molecule has 1 fully saturated rings. The van der Waals surface area contributed by atoms with E-state index in [1.165, 1.54) is 0 Å². The first kappa shape index (κ1) is 21.1. The molecule has 6 heteroatoms. The maximum atomic E-state index is 12.2. The van der Waals surface area contributed by atoms with E-state index in [0.29, 0.717) is 12.3 Å². The summed E-state index contributed by atoms with van der Waals surface area (Å²) < 4.78 is 47.6. The van der Waals surface area contributed by atoms with Crippen molar-refractivity contribution in [3.8, 4) is 0 Å². The molecule has 1 rings (SSSR count). The Morgan fingerprint density at radius 1 is 1.16 bits per heavy atom. The maximum absolute atomic E-state index is 12.2. The van der Waals surface area contributed by atoms with Crippen LogP contribution in [0.1, 0.15) is 54.4 Å². The van der Waals surface area contributed by atoms with Crippen molar-refractivity contribution in [2.24, 2.45) is 11.8 Å². The van der Waals surface area contributed by atoms with E-state index in [2.05, 4.69) is 0 Å². The molecule has 1 aliphatic rings. The molecule has 0 aromatic heterocycles. The van der Waals surface area contributed by atoms with Crippen molar-refractivity contribution in [1.82, 2.24) is 4.31 Å². The summed E-state index contributed by atoms with van der Waals surface area (Å²) in [6.07, 6.45) is 1.60. The lowest BCUT2D eigenvalue weighted by molar-refractivity contribution is 0.221. The van der Waals surface area contributed by atoms with E-state index in [0.717, 1.165) is 10.7 Å². The summed E-state index contributed by atoms with van der Waals surface area (Å²) in [5.41, 5.74) is 0. The predicted molar refractivity (Wildman–Crippen MR) is 76.8 cm³/mol. The summed E-state index contributed by atoms with van der Waals surface area (Å²) in [5.74, 6) is -2.57. The van der Waals surface area contributed by atoms with E-state index in [9.17, 15) is 17.2 Å². The number of halogens is 2. The van der Waals surface area contributed by atoms with Crippen LogP contribution in [0, 0.1) is 11.8 Å². The fourth-order valence-corrected chi connectivity index (χ4v) is 3.00. The van der Waals surface area contributed by atoms with Crippen LogP contribution in [0.25, 0.3) is 0 Å². The highest BCUT2D eigenvalue weighted by atomic mass is 32.2. The van der Waals surface area contributed by atoms with Gasteiger partial charge >= 0.3 is 5.76 Å². The Hall–Kier alpha value is -0.230. The summed E-state index contributed by atoms with van der Waals surface area (Å²) in [6.45, 7) is 12.6. The summed E-state index contributed by atoms with van der Waals surface area (Å²) in [5, 5.41) is 0. The minimum atomic E-state index is -4.35. The van der Waals surface area contributed by atoms with E-state index < -0.39 is 15.8 Å². The minimum absolute atomic E-state index is 0.235. The molecule has 0 amide bonds. The molecule has 0 aliphatic carbocycles. The second kappa shape index (κ2) is 10.5. The average molecular weight is 301 g/mol. The highest BCUT2D eigenvalue weighted by Gasteiger charge is 2.37. The van der Waals surface area contributed by atoms with E-state index in [1.54, 1.807) is 0 Å². The van der Waals surface area contributed by atoms with Crippen LogP contribution in [0.4, 0.5) is 8.78 Å². The number of nitrogens with zero attached hydrogens (tertiary/aromatic N) is 1. The normalized spacial score (nSPS) is 19.8. The molecule has 19 heavy (non-hydrogen) atoms. The predicted octanol–water partition coefficient (Wildman–Crippen LogP) is 3.96. The quantitative estimate of drug-likeness (QED) is 0.788. The fraction of sp³-hybridized carbons (Fsp3) is 1.00. The lowest BCUT2D eigenvalue weighted by Crippen LogP contribution is -2.33. The highest BCUT2D eigenvalue weighted by Crippen LogP contribution is 2.27. The Morgan fingerprint density at radius 3 is 2.00 bits per heavy atom. The van der Waals surface area contributed by atoms with Crippen LogP contribution in [0.2, 0.25) is 0 Å². The molecule has 0 spiro atoms. The molecule has 0 radical (unpaired) electrons. The van der Waals surface area contributed by atoms with Gasteiger partial charge < -0.3 is 0 Å². The smallest absolute Gasteiger partial charge is 0.206 e. The molecule has 1 aliphatic heterocycles. The first-order valence-corrected chi connectivity index (χ1v) is 8.61. The van der Waals surface area contributed by atoms with E-state index in [-0.39, 0.29) is 19.0 Å². The van der Waals surface area contributed by atoms with Gasteiger partial charge in [-0.1, -0.05) is 41.5 Å². The third-order valence-electron chi connectivity index (χ3n) is 2.64. The molecule has 1 atom stereocenters. The number of rotatable bonds is 4. The van der Waals surface area contributed by atoms with Gasteiger partial charge in [0.1, 0.15) is 0 Å². The Bertz CT molecular complexity index is 306. The van der Waals surface area contributed by atoms with Crippen molar-refractivity contribution >= 4 is 10.0 Å². The van der Waals surface area contributed by atoms with Crippen molar-refractivity contribution in [2.45, 2.75) is 60.1 Å². The average Bonchev–Trinajstić information content (AvgIpc) is 2.82. The van der Waals surface area contributed by atoms with Crippen LogP contribution in [0.5, 0.6) is 0 Å². The van der Waals surface area contributed by atoms with Gasteiger partial charge in [-0.2, -0.15) is 13.1 Å². The maximum Gasteiger partial charge on any atom is 0.350 e. The first-order chi connectivity index (χ1) is 8.84. The molecule has 0 aromatic rings. The van der Waals surface area contributed by atoms with Crippen LogP contribution in [0.3, 0.4) is 0 Å². The standard InChI is InChI=1S/C9H17F2NO2S.2C2H6/c1-7(2)5-8-3-4-12(6-8)15(13,14)9(10)11;2*1-2/h7-9H,3-6H2,1-2H3;2*1-2H3. The zero-order valence-corrected chi connectivity index (χ0v) is 13.8. The number of hydrogen-bond acceptors (Lipinski definition) is 2. The Balaban J connectivity index is 0. The molecular weight excluding hydrogens is 272 g/mol. The molecule has 0 aromatic carbocycles. The van der Waals surface area contributed by atoms with Gasteiger partial charge in [0.05, 0.1) is 0 Å². The number of alkyl halides is 2. The van der Waals surface area contributed by atoms with E-state index >= 15 is 0 Å². The van der Waals surface area contributed by atoms with Crippen molar-refractivity contribution in [2.75, 3.05) is 13.1 Å². The van der Waals surface area contributed by atoms with Gasteiger partial charge in [-0.3, -0.25) is 0 Å². The summed E-state index contributed by atoms with van der Waals surface area (Å²) in [6, 6.07) is 0. The molecule has 0 N–H and O–H groups in total. The highest BCUT2D eigenvalue weighted by molar-refractivity contribution is 7.89. The zero-order chi connectivity index (χ0) is 15.6. The lowest BCUT2D eigenvalue weighted by atomic mass is 9.97. The fourth-order valence-electron chi connectivity index (χ4n) is 2.00. The molecule has 0 saturated carbocycles. The minimum Gasteiger partial charge on any atom is -0.206 e. The Morgan fingerprint density at radius 2 is 1.63 bits per heavy atom. The molecule has 1 saturated heterocycles. The van der Waals surface area contributed by atoms with Crippen molar-refractivity contribution in [3.05, 3.63) is 0 Å². The topological polar surface area (TPSA) is 37.4 Å². The molecule has 118 valence electrons. The van der Waals surface area contributed by atoms with Gasteiger partial charge in [0, 0.05) is 13.1 Å². The van der Waals surface area contributed by atoms with Crippen LogP contribution >= 0.6 is 0 Å². The number of hydrogen-bond donors (Lipinski definition) is 0. The third-order valence-corrected chi connectivity index (χ3v) is 4.14. The van der Waals surface area contributed by atoms with Crippen LogP contribution in [-0.4, -0.2) is 31.6 Å². The second-order valence-corrected chi connectivity index (χ2v) is 6.35. The first-order valence-electron chi connectivity index (χ1n) is 7.11. The van der Waals surface area contributed by atoms with E-state index in [4.69, 9.17) is 0 Å². The van der Waals surface area contributed by atoms with Crippen molar-refractivity contribution in [3.63, 3.8) is 0 Å². The zero-order valence-electron chi connectivity index (χ0n) is 13.0. The van der Waals surface area contributed by atoms with Gasteiger partial charge in [0.25, 0.3) is 10.0 Å². The summed E-state index contributed by atoms with van der Waals surface area (Å²) in [4.78, 5) is 0. The van der Waals surface area contributed by atoms with Crippen molar-refractivity contribution in [1.29, 1.82) is 0 Å². The monoisotopic (exact) mass is 301 g/mol. The van der Waals surface area contributed by atoms with Crippen molar-refractivity contribution < 1.29 is 17.2 Å². The summed E-state index contributed by atoms with van der Waals surface area (Å²) in [7, 11) is -4.35. The Labute approximate surface area is 117 Å². The Kier molecular flexibility index (Phi) is 11.7. The molecule has 1 heterocycles. The van der Waals surface area contributed by atoms with Gasteiger partial charge in [-0.25, -0.2) is 8.42 Å². The number of sulfonamides is 1. The molecule has 3 nitrogen and oxygen atoms in total. The SMILES string of the molecule is CC.CC.CC(C)CC1CCN(S(=O)(=O)C(F)F)C1. The second-order valence-electron chi connectivity index (χ2n) is 4.45. The largest absolute Gasteiger partial charge is 0.350 e. The van der Waals surface area contributed by atoms with Gasteiger partial charge in [0.2, 0.25) is 0 Å². The van der Waals surface area contributed by atoms with Crippen LogP contribution in [0.15, 0.2) is 0 Å². The van der Waals surface area contributed by atoms with Crippen LogP contribution in [-0.2, 0) is 10.0 Å². The molecule has 0 bridgehead atoms. The molecule has 1 unspecified atom stereocenters. The lowest BCUT2D eigenvalue weighted by Gasteiger charge is -2.16. The summed E-state index contributed by atoms with van der Waals surface area (Å²) >= 11 is 0. The van der Waals surface area contributed by atoms with Gasteiger partial charge in [0.15, 0.2) is 0 Å². The van der Waals surface area contributed by atoms with Crippen LogP contribution < -0.4 is 0 Å². The van der Waals surface area contributed by atoms with E-state index in [1.807, 2.05) is 41.5 Å². The van der Waals surface area contributed by atoms with Gasteiger partial charge in [-0.15, -0.1) is 0 Å². The third kappa shape index (κ3) is 7.20. The molecular formula is C13H29F2NO2S.